The number of carbonyl (C=O) groups is 2. The molecule has 0 radical (unpaired) electrons. The fraction of sp³-hybridized carbons (Fsp3) is 0.625. The SMILES string of the molecule is CC(CC(C)[C@@H](NC(=O)OC(C)(C)C)C(=O)O)c1ncc(Br)cn1. The van der Waals surface area contributed by atoms with E-state index in [0.717, 1.165) is 4.47 Å². The fourth-order valence-corrected chi connectivity index (χ4v) is 2.46. The van der Waals surface area contributed by atoms with Crippen LogP contribution < -0.4 is 5.32 Å². The number of carboxylic acid groups (broad SMARTS) is 1. The molecule has 1 amide bonds. The highest BCUT2D eigenvalue weighted by Gasteiger charge is 2.30. The van der Waals surface area contributed by atoms with E-state index in [1.54, 1.807) is 40.1 Å². The number of hydrogen-bond acceptors (Lipinski definition) is 5. The summed E-state index contributed by atoms with van der Waals surface area (Å²) in [6.07, 6.45) is 3.07. The van der Waals surface area contributed by atoms with Crippen molar-refractivity contribution >= 4 is 28.0 Å². The van der Waals surface area contributed by atoms with E-state index in [1.807, 2.05) is 6.92 Å². The van der Waals surface area contributed by atoms with Crippen molar-refractivity contribution in [2.45, 2.75) is 58.6 Å². The van der Waals surface area contributed by atoms with Crippen LogP contribution in [0.25, 0.3) is 0 Å². The maximum absolute atomic E-state index is 11.8. The van der Waals surface area contributed by atoms with Gasteiger partial charge in [0.1, 0.15) is 17.5 Å². The Hall–Kier alpha value is -1.70. The largest absolute Gasteiger partial charge is 0.480 e. The highest BCUT2D eigenvalue weighted by Crippen LogP contribution is 2.23. The Labute approximate surface area is 150 Å². The van der Waals surface area contributed by atoms with E-state index in [4.69, 9.17) is 4.74 Å². The average molecular weight is 402 g/mol. The second kappa shape index (κ2) is 8.41. The molecule has 1 rings (SSSR count). The average Bonchev–Trinajstić information content (AvgIpc) is 2.43. The number of nitrogens with zero attached hydrogens (tertiary/aromatic N) is 2. The van der Waals surface area contributed by atoms with Gasteiger partial charge in [0, 0.05) is 18.3 Å². The van der Waals surface area contributed by atoms with Crippen molar-refractivity contribution in [1.82, 2.24) is 15.3 Å². The van der Waals surface area contributed by atoms with Gasteiger partial charge in [0.25, 0.3) is 0 Å². The van der Waals surface area contributed by atoms with E-state index >= 15 is 0 Å². The molecule has 0 saturated heterocycles. The Morgan fingerprint density at radius 2 is 1.83 bits per heavy atom. The molecule has 0 spiro atoms. The zero-order valence-corrected chi connectivity index (χ0v) is 16.1. The first-order valence-corrected chi connectivity index (χ1v) is 8.48. The number of amides is 1. The molecule has 0 aliphatic rings. The summed E-state index contributed by atoms with van der Waals surface area (Å²) in [4.78, 5) is 31.8. The summed E-state index contributed by atoms with van der Waals surface area (Å²) in [7, 11) is 0. The normalized spacial score (nSPS) is 15.2. The van der Waals surface area contributed by atoms with Crippen LogP contribution in [-0.4, -0.2) is 38.8 Å². The molecule has 134 valence electrons. The van der Waals surface area contributed by atoms with Gasteiger partial charge in [0.2, 0.25) is 0 Å². The van der Waals surface area contributed by atoms with Crippen LogP contribution in [0.15, 0.2) is 16.9 Å². The molecule has 1 aromatic rings. The molecule has 0 aliphatic carbocycles. The second-order valence-electron chi connectivity index (χ2n) is 6.84. The Morgan fingerprint density at radius 1 is 1.29 bits per heavy atom. The number of halogens is 1. The molecule has 0 saturated carbocycles. The van der Waals surface area contributed by atoms with Crippen molar-refractivity contribution in [2.24, 2.45) is 5.92 Å². The molecule has 2 N–H and O–H groups in total. The molecule has 7 nitrogen and oxygen atoms in total. The number of rotatable bonds is 6. The van der Waals surface area contributed by atoms with E-state index in [-0.39, 0.29) is 11.8 Å². The van der Waals surface area contributed by atoms with Gasteiger partial charge in [-0.1, -0.05) is 13.8 Å². The van der Waals surface area contributed by atoms with E-state index in [0.29, 0.717) is 12.2 Å². The number of carbonyl (C=O) groups excluding carboxylic acids is 1. The zero-order valence-electron chi connectivity index (χ0n) is 14.5. The predicted octanol–water partition coefficient (Wildman–Crippen LogP) is 3.35. The first-order valence-electron chi connectivity index (χ1n) is 7.69. The van der Waals surface area contributed by atoms with Crippen molar-refractivity contribution in [3.05, 3.63) is 22.7 Å². The van der Waals surface area contributed by atoms with Gasteiger partial charge in [-0.2, -0.15) is 0 Å². The first-order chi connectivity index (χ1) is 11.0. The van der Waals surface area contributed by atoms with Gasteiger partial charge in [0.05, 0.1) is 4.47 Å². The fourth-order valence-electron chi connectivity index (χ4n) is 2.26. The molecule has 24 heavy (non-hydrogen) atoms. The van der Waals surface area contributed by atoms with Crippen molar-refractivity contribution in [3.63, 3.8) is 0 Å². The minimum Gasteiger partial charge on any atom is -0.480 e. The number of aliphatic carboxylic acids is 1. The van der Waals surface area contributed by atoms with Gasteiger partial charge in [-0.05, 0) is 49.0 Å². The molecular weight excluding hydrogens is 378 g/mol. The Morgan fingerprint density at radius 3 is 2.29 bits per heavy atom. The first kappa shape index (κ1) is 20.3. The summed E-state index contributed by atoms with van der Waals surface area (Å²) in [6, 6.07) is -1.04. The summed E-state index contributed by atoms with van der Waals surface area (Å²) in [6.45, 7) is 8.85. The van der Waals surface area contributed by atoms with Crippen LogP contribution >= 0.6 is 15.9 Å². The van der Waals surface area contributed by atoms with E-state index in [9.17, 15) is 14.7 Å². The molecular formula is C16H24BrN3O4. The maximum atomic E-state index is 11.8. The zero-order chi connectivity index (χ0) is 18.5. The van der Waals surface area contributed by atoms with Gasteiger partial charge < -0.3 is 15.2 Å². The molecule has 0 aliphatic heterocycles. The highest BCUT2D eigenvalue weighted by molar-refractivity contribution is 9.10. The number of carboxylic acids is 1. The summed E-state index contributed by atoms with van der Waals surface area (Å²) in [5, 5.41) is 11.8. The van der Waals surface area contributed by atoms with E-state index < -0.39 is 23.7 Å². The van der Waals surface area contributed by atoms with Crippen LogP contribution in [0.2, 0.25) is 0 Å². The minimum atomic E-state index is -1.10. The maximum Gasteiger partial charge on any atom is 0.408 e. The van der Waals surface area contributed by atoms with Crippen molar-refractivity contribution < 1.29 is 19.4 Å². The standard InChI is InChI=1S/C16H24BrN3O4/c1-9(6-10(2)13-18-7-11(17)8-19-13)12(14(21)22)20-15(23)24-16(3,4)5/h7-10,12H,6H2,1-5H3,(H,20,23)(H,21,22)/t9?,10?,12-/m1/s1. The lowest BCUT2D eigenvalue weighted by Crippen LogP contribution is -2.47. The molecule has 3 atom stereocenters. The molecule has 1 aromatic heterocycles. The van der Waals surface area contributed by atoms with E-state index in [1.165, 1.54) is 0 Å². The number of ether oxygens (including phenoxy) is 1. The highest BCUT2D eigenvalue weighted by atomic mass is 79.9. The molecule has 0 fully saturated rings. The van der Waals surface area contributed by atoms with Gasteiger partial charge >= 0.3 is 12.1 Å². The number of nitrogens with one attached hydrogen (secondary N) is 1. The summed E-state index contributed by atoms with van der Waals surface area (Å²) >= 11 is 3.27. The van der Waals surface area contributed by atoms with Crippen LogP contribution in [0.1, 0.15) is 52.8 Å². The number of hydrogen-bond donors (Lipinski definition) is 2. The Balaban J connectivity index is 2.72. The molecule has 2 unspecified atom stereocenters. The molecule has 1 heterocycles. The lowest BCUT2D eigenvalue weighted by molar-refractivity contribution is -0.140. The Bertz CT molecular complexity index is 572. The third kappa shape index (κ3) is 6.82. The molecule has 0 bridgehead atoms. The van der Waals surface area contributed by atoms with Crippen LogP contribution in [0.3, 0.4) is 0 Å². The Kier molecular flexibility index (Phi) is 7.13. The van der Waals surface area contributed by atoms with Crippen LogP contribution in [0.5, 0.6) is 0 Å². The number of aromatic nitrogens is 2. The summed E-state index contributed by atoms with van der Waals surface area (Å²) in [5.74, 6) is -0.837. The van der Waals surface area contributed by atoms with Gasteiger partial charge in [-0.3, -0.25) is 0 Å². The van der Waals surface area contributed by atoms with Crippen LogP contribution in [0, 0.1) is 5.92 Å². The summed E-state index contributed by atoms with van der Waals surface area (Å²) < 4.78 is 5.91. The summed E-state index contributed by atoms with van der Waals surface area (Å²) in [5.41, 5.74) is -0.686. The van der Waals surface area contributed by atoms with Gasteiger partial charge in [-0.15, -0.1) is 0 Å². The minimum absolute atomic E-state index is 0.0459. The van der Waals surface area contributed by atoms with Crippen LogP contribution in [-0.2, 0) is 9.53 Å². The third-order valence-electron chi connectivity index (χ3n) is 3.31. The second-order valence-corrected chi connectivity index (χ2v) is 7.75. The van der Waals surface area contributed by atoms with Crippen molar-refractivity contribution in [2.75, 3.05) is 0 Å². The monoisotopic (exact) mass is 401 g/mol. The predicted molar refractivity (Wildman–Crippen MR) is 92.7 cm³/mol. The molecule has 0 aromatic carbocycles. The van der Waals surface area contributed by atoms with Crippen LogP contribution in [0.4, 0.5) is 4.79 Å². The van der Waals surface area contributed by atoms with Crippen molar-refractivity contribution in [1.29, 1.82) is 0 Å². The van der Waals surface area contributed by atoms with Crippen molar-refractivity contribution in [3.8, 4) is 0 Å². The van der Waals surface area contributed by atoms with E-state index in [2.05, 4.69) is 31.2 Å². The third-order valence-corrected chi connectivity index (χ3v) is 3.72. The smallest absolute Gasteiger partial charge is 0.408 e. The lowest BCUT2D eigenvalue weighted by atomic mass is 9.90. The number of alkyl carbamates (subject to hydrolysis) is 1. The lowest BCUT2D eigenvalue weighted by Gasteiger charge is -2.26. The van der Waals surface area contributed by atoms with Gasteiger partial charge in [0.15, 0.2) is 0 Å². The molecule has 8 heteroatoms. The van der Waals surface area contributed by atoms with Gasteiger partial charge in [-0.25, -0.2) is 19.6 Å². The quantitative estimate of drug-likeness (QED) is 0.757. The topological polar surface area (TPSA) is 101 Å².